The van der Waals surface area contributed by atoms with E-state index in [4.69, 9.17) is 4.74 Å². The molecule has 2 rings (SSSR count). The lowest BCUT2D eigenvalue weighted by Crippen LogP contribution is -2.34. The predicted octanol–water partition coefficient (Wildman–Crippen LogP) is 3.20. The first-order valence-corrected chi connectivity index (χ1v) is 6.93. The fourth-order valence-corrected chi connectivity index (χ4v) is 2.01. The Kier molecular flexibility index (Phi) is 4.31. The van der Waals surface area contributed by atoms with Gasteiger partial charge in [0.1, 0.15) is 5.60 Å². The SMILES string of the molecule is CC(C)(C)OC(=O)NCCC(=O)n1ccc2ccccc21. The topological polar surface area (TPSA) is 60.3 Å². The lowest BCUT2D eigenvalue weighted by atomic mass is 10.2. The fraction of sp³-hybridized carbons (Fsp3) is 0.375. The molecular formula is C16H20N2O3. The van der Waals surface area contributed by atoms with Gasteiger partial charge in [0.2, 0.25) is 5.91 Å². The van der Waals surface area contributed by atoms with Gasteiger partial charge in [0, 0.05) is 24.5 Å². The van der Waals surface area contributed by atoms with Crippen molar-refractivity contribution in [2.75, 3.05) is 6.54 Å². The van der Waals surface area contributed by atoms with E-state index in [2.05, 4.69) is 5.32 Å². The van der Waals surface area contributed by atoms with E-state index in [9.17, 15) is 9.59 Å². The van der Waals surface area contributed by atoms with Crippen molar-refractivity contribution in [1.82, 2.24) is 9.88 Å². The van der Waals surface area contributed by atoms with Gasteiger partial charge in [-0.1, -0.05) is 18.2 Å². The maximum absolute atomic E-state index is 12.2. The summed E-state index contributed by atoms with van der Waals surface area (Å²) in [6.45, 7) is 5.64. The van der Waals surface area contributed by atoms with Crippen molar-refractivity contribution in [2.45, 2.75) is 32.8 Å². The summed E-state index contributed by atoms with van der Waals surface area (Å²) < 4.78 is 6.72. The van der Waals surface area contributed by atoms with Crippen LogP contribution in [0, 0.1) is 0 Å². The zero-order valence-corrected chi connectivity index (χ0v) is 12.6. The molecule has 0 spiro atoms. The third kappa shape index (κ3) is 4.08. The van der Waals surface area contributed by atoms with Gasteiger partial charge in [-0.05, 0) is 32.9 Å². The largest absolute Gasteiger partial charge is 0.444 e. The molecule has 0 bridgehead atoms. The van der Waals surface area contributed by atoms with Gasteiger partial charge in [-0.3, -0.25) is 9.36 Å². The Morgan fingerprint density at radius 2 is 1.90 bits per heavy atom. The third-order valence-corrected chi connectivity index (χ3v) is 2.88. The quantitative estimate of drug-likeness (QED) is 0.943. The Morgan fingerprint density at radius 1 is 1.19 bits per heavy atom. The first-order chi connectivity index (χ1) is 9.87. The number of para-hydroxylation sites is 1. The van der Waals surface area contributed by atoms with Crippen LogP contribution in [0.4, 0.5) is 4.79 Å². The van der Waals surface area contributed by atoms with Crippen LogP contribution in [0.15, 0.2) is 36.5 Å². The summed E-state index contributed by atoms with van der Waals surface area (Å²) >= 11 is 0. The number of nitrogens with one attached hydrogen (secondary N) is 1. The Morgan fingerprint density at radius 3 is 2.62 bits per heavy atom. The summed E-state index contributed by atoms with van der Waals surface area (Å²) in [7, 11) is 0. The van der Waals surface area contributed by atoms with E-state index in [0.717, 1.165) is 10.9 Å². The molecule has 21 heavy (non-hydrogen) atoms. The smallest absolute Gasteiger partial charge is 0.407 e. The second-order valence-electron chi connectivity index (χ2n) is 5.82. The average Bonchev–Trinajstić information content (AvgIpc) is 2.80. The van der Waals surface area contributed by atoms with Gasteiger partial charge in [0.15, 0.2) is 0 Å². The third-order valence-electron chi connectivity index (χ3n) is 2.88. The van der Waals surface area contributed by atoms with Crippen LogP contribution in [0.3, 0.4) is 0 Å². The minimum Gasteiger partial charge on any atom is -0.444 e. The van der Waals surface area contributed by atoms with Crippen LogP contribution in [-0.2, 0) is 4.74 Å². The lowest BCUT2D eigenvalue weighted by Gasteiger charge is -2.19. The van der Waals surface area contributed by atoms with Crippen LogP contribution in [0.5, 0.6) is 0 Å². The van der Waals surface area contributed by atoms with Crippen LogP contribution in [0.1, 0.15) is 32.0 Å². The van der Waals surface area contributed by atoms with E-state index in [-0.39, 0.29) is 18.9 Å². The molecule has 0 aliphatic rings. The molecule has 5 heteroatoms. The van der Waals surface area contributed by atoms with Crippen molar-refractivity contribution < 1.29 is 14.3 Å². The van der Waals surface area contributed by atoms with Crippen molar-refractivity contribution in [3.8, 4) is 0 Å². The molecular weight excluding hydrogens is 268 g/mol. The Balaban J connectivity index is 1.89. The number of alkyl carbamates (subject to hydrolysis) is 1. The maximum Gasteiger partial charge on any atom is 0.407 e. The predicted molar refractivity (Wildman–Crippen MR) is 81.4 cm³/mol. The minimum absolute atomic E-state index is 0.0627. The number of aromatic nitrogens is 1. The van der Waals surface area contributed by atoms with Crippen molar-refractivity contribution in [2.24, 2.45) is 0 Å². The molecule has 0 fully saturated rings. The van der Waals surface area contributed by atoms with E-state index < -0.39 is 11.7 Å². The molecule has 2 aromatic rings. The van der Waals surface area contributed by atoms with Crippen LogP contribution < -0.4 is 5.32 Å². The standard InChI is InChI=1S/C16H20N2O3/c1-16(2,3)21-15(20)17-10-8-14(19)18-11-9-12-6-4-5-7-13(12)18/h4-7,9,11H,8,10H2,1-3H3,(H,17,20). The molecule has 1 aromatic heterocycles. The average molecular weight is 288 g/mol. The molecule has 0 saturated heterocycles. The Labute approximate surface area is 123 Å². The van der Waals surface area contributed by atoms with Gasteiger partial charge >= 0.3 is 6.09 Å². The molecule has 1 amide bonds. The molecule has 1 heterocycles. The van der Waals surface area contributed by atoms with E-state index in [0.29, 0.717) is 0 Å². The van der Waals surface area contributed by atoms with E-state index in [1.807, 2.05) is 30.3 Å². The fourth-order valence-electron chi connectivity index (χ4n) is 2.01. The number of hydrogen-bond donors (Lipinski definition) is 1. The Bertz CT molecular complexity index is 653. The number of amides is 1. The second kappa shape index (κ2) is 5.99. The highest BCUT2D eigenvalue weighted by atomic mass is 16.6. The monoisotopic (exact) mass is 288 g/mol. The highest BCUT2D eigenvalue weighted by molar-refractivity contribution is 5.92. The number of carbonyl (C=O) groups is 2. The molecule has 0 aliphatic heterocycles. The summed E-state index contributed by atoms with van der Waals surface area (Å²) in [5.41, 5.74) is 0.338. The number of nitrogens with zero attached hydrogens (tertiary/aromatic N) is 1. The number of carbonyl (C=O) groups excluding carboxylic acids is 2. The normalized spacial score (nSPS) is 11.4. The number of rotatable bonds is 3. The first kappa shape index (κ1) is 15.1. The van der Waals surface area contributed by atoms with Crippen molar-refractivity contribution in [1.29, 1.82) is 0 Å². The summed E-state index contributed by atoms with van der Waals surface area (Å²) in [6, 6.07) is 9.58. The van der Waals surface area contributed by atoms with Crippen LogP contribution in [0.25, 0.3) is 10.9 Å². The van der Waals surface area contributed by atoms with Gasteiger partial charge < -0.3 is 10.1 Å². The number of benzene rings is 1. The molecule has 5 nitrogen and oxygen atoms in total. The molecule has 112 valence electrons. The molecule has 0 unspecified atom stereocenters. The van der Waals surface area contributed by atoms with Gasteiger partial charge in [0.05, 0.1) is 5.52 Å². The summed E-state index contributed by atoms with van der Waals surface area (Å²) in [5, 5.41) is 3.60. The first-order valence-electron chi connectivity index (χ1n) is 6.93. The molecule has 0 saturated carbocycles. The summed E-state index contributed by atoms with van der Waals surface area (Å²) in [5.74, 6) is -0.0627. The summed E-state index contributed by atoms with van der Waals surface area (Å²) in [4.78, 5) is 23.6. The van der Waals surface area contributed by atoms with Crippen molar-refractivity contribution in [3.63, 3.8) is 0 Å². The van der Waals surface area contributed by atoms with Crippen molar-refractivity contribution in [3.05, 3.63) is 36.5 Å². The van der Waals surface area contributed by atoms with Gasteiger partial charge in [-0.2, -0.15) is 0 Å². The van der Waals surface area contributed by atoms with Crippen LogP contribution >= 0.6 is 0 Å². The summed E-state index contributed by atoms with van der Waals surface area (Å²) in [6.07, 6.45) is 1.46. The molecule has 0 aliphatic carbocycles. The molecule has 0 atom stereocenters. The Hall–Kier alpha value is -2.30. The van der Waals surface area contributed by atoms with E-state index in [1.54, 1.807) is 31.5 Å². The van der Waals surface area contributed by atoms with Gasteiger partial charge in [-0.15, -0.1) is 0 Å². The zero-order valence-electron chi connectivity index (χ0n) is 12.6. The van der Waals surface area contributed by atoms with Gasteiger partial charge in [0.25, 0.3) is 0 Å². The number of ether oxygens (including phenoxy) is 1. The molecule has 0 radical (unpaired) electrons. The molecule has 1 N–H and O–H groups in total. The maximum atomic E-state index is 12.2. The highest BCUT2D eigenvalue weighted by Crippen LogP contribution is 2.15. The van der Waals surface area contributed by atoms with E-state index in [1.165, 1.54) is 0 Å². The van der Waals surface area contributed by atoms with Gasteiger partial charge in [-0.25, -0.2) is 4.79 Å². The van der Waals surface area contributed by atoms with Crippen LogP contribution in [-0.4, -0.2) is 28.7 Å². The van der Waals surface area contributed by atoms with Crippen molar-refractivity contribution >= 4 is 22.9 Å². The number of hydrogen-bond acceptors (Lipinski definition) is 3. The lowest BCUT2D eigenvalue weighted by molar-refractivity contribution is 0.0527. The number of fused-ring (bicyclic) bond motifs is 1. The highest BCUT2D eigenvalue weighted by Gasteiger charge is 2.16. The second-order valence-corrected chi connectivity index (χ2v) is 5.82. The zero-order chi connectivity index (χ0) is 15.5. The minimum atomic E-state index is -0.537. The van der Waals surface area contributed by atoms with Crippen LogP contribution in [0.2, 0.25) is 0 Å². The van der Waals surface area contributed by atoms with E-state index >= 15 is 0 Å². The molecule has 1 aromatic carbocycles.